The first-order valence-electron chi connectivity index (χ1n) is 5.85. The monoisotopic (exact) mass is 225 g/mol. The molecule has 0 bridgehead atoms. The molecule has 1 aromatic rings. The zero-order chi connectivity index (χ0) is 11.4. The molecule has 0 saturated carbocycles. The number of fused-ring (bicyclic) bond motifs is 1. The highest BCUT2D eigenvalue weighted by Crippen LogP contribution is 2.20. The number of hydrogen-bond donors (Lipinski definition) is 0. The van der Waals surface area contributed by atoms with Crippen LogP contribution in [0.1, 0.15) is 37.5 Å². The second-order valence-electron chi connectivity index (χ2n) is 4.09. The van der Waals surface area contributed by atoms with E-state index in [1.165, 1.54) is 12.8 Å². The lowest BCUT2D eigenvalue weighted by Gasteiger charge is -2.18. The van der Waals surface area contributed by atoms with Crippen LogP contribution >= 0.6 is 0 Å². The lowest BCUT2D eigenvalue weighted by molar-refractivity contribution is 0.0194. The first-order valence-corrected chi connectivity index (χ1v) is 5.85. The van der Waals surface area contributed by atoms with Gasteiger partial charge < -0.3 is 14.0 Å². The van der Waals surface area contributed by atoms with E-state index in [0.717, 1.165) is 24.6 Å². The number of nitrogens with zero attached hydrogens (tertiary/aromatic N) is 3. The lowest BCUT2D eigenvalue weighted by Crippen LogP contribution is -2.16. The largest absolute Gasteiger partial charge is 0.382 e. The van der Waals surface area contributed by atoms with Gasteiger partial charge in [-0.05, 0) is 19.8 Å². The highest BCUT2D eigenvalue weighted by molar-refractivity contribution is 5.01. The van der Waals surface area contributed by atoms with Crippen molar-refractivity contribution < 1.29 is 9.47 Å². The first-order chi connectivity index (χ1) is 7.83. The summed E-state index contributed by atoms with van der Waals surface area (Å²) >= 11 is 0. The van der Waals surface area contributed by atoms with Gasteiger partial charge in [-0.1, -0.05) is 0 Å². The molecule has 0 N–H and O–H groups in total. The fraction of sp³-hybridized carbons (Fsp3) is 0.818. The smallest absolute Gasteiger partial charge is 0.161 e. The van der Waals surface area contributed by atoms with Gasteiger partial charge in [0, 0.05) is 20.1 Å². The molecule has 2 rings (SSSR count). The Labute approximate surface area is 95.8 Å². The van der Waals surface area contributed by atoms with Gasteiger partial charge >= 0.3 is 0 Å². The Kier molecular flexibility index (Phi) is 3.90. The Morgan fingerprint density at radius 2 is 2.19 bits per heavy atom. The van der Waals surface area contributed by atoms with Gasteiger partial charge in [-0.2, -0.15) is 0 Å². The number of rotatable bonds is 5. The molecule has 1 aromatic heterocycles. The van der Waals surface area contributed by atoms with Gasteiger partial charge in [0.25, 0.3) is 0 Å². The topological polar surface area (TPSA) is 49.2 Å². The van der Waals surface area contributed by atoms with Gasteiger partial charge in [0.15, 0.2) is 5.82 Å². The Morgan fingerprint density at radius 1 is 1.31 bits per heavy atom. The Hall–Kier alpha value is -0.940. The van der Waals surface area contributed by atoms with Crippen molar-refractivity contribution in [2.75, 3.05) is 20.3 Å². The van der Waals surface area contributed by atoms with E-state index in [1.54, 1.807) is 7.11 Å². The highest BCUT2D eigenvalue weighted by Gasteiger charge is 2.20. The van der Waals surface area contributed by atoms with Crippen LogP contribution in [-0.2, 0) is 22.4 Å². The van der Waals surface area contributed by atoms with Crippen molar-refractivity contribution in [3.63, 3.8) is 0 Å². The summed E-state index contributed by atoms with van der Waals surface area (Å²) in [5.74, 6) is 2.05. The molecule has 0 radical (unpaired) electrons. The van der Waals surface area contributed by atoms with Crippen molar-refractivity contribution in [3.05, 3.63) is 11.6 Å². The van der Waals surface area contributed by atoms with Crippen molar-refractivity contribution in [2.45, 2.75) is 38.8 Å². The average molecular weight is 225 g/mol. The van der Waals surface area contributed by atoms with Crippen LogP contribution in [0.5, 0.6) is 0 Å². The molecule has 0 aliphatic carbocycles. The Bertz CT molecular complexity index is 338. The predicted octanol–water partition coefficient (Wildman–Crippen LogP) is 1.34. The van der Waals surface area contributed by atoms with Crippen LogP contribution in [0.3, 0.4) is 0 Å². The van der Waals surface area contributed by atoms with Crippen LogP contribution in [0, 0.1) is 0 Å². The van der Waals surface area contributed by atoms with E-state index in [4.69, 9.17) is 9.47 Å². The van der Waals surface area contributed by atoms with E-state index in [9.17, 15) is 0 Å². The van der Waals surface area contributed by atoms with Crippen molar-refractivity contribution in [1.29, 1.82) is 0 Å². The fourth-order valence-electron chi connectivity index (χ4n) is 2.01. The van der Waals surface area contributed by atoms with Gasteiger partial charge in [-0.25, -0.2) is 0 Å². The van der Waals surface area contributed by atoms with Gasteiger partial charge in [-0.3, -0.25) is 0 Å². The molecule has 0 saturated heterocycles. The van der Waals surface area contributed by atoms with Gasteiger partial charge in [0.2, 0.25) is 0 Å². The second kappa shape index (κ2) is 5.41. The molecule has 90 valence electrons. The van der Waals surface area contributed by atoms with Crippen LogP contribution in [-0.4, -0.2) is 35.1 Å². The summed E-state index contributed by atoms with van der Waals surface area (Å²) in [4.78, 5) is 0. The standard InChI is InChI=1S/C11H19N3O2/c1-9(16-8-7-15-2)11-13-12-10-5-3-4-6-14(10)11/h9H,3-8H2,1-2H3. The second-order valence-corrected chi connectivity index (χ2v) is 4.09. The van der Waals surface area contributed by atoms with Gasteiger partial charge in [0.05, 0.1) is 13.2 Å². The van der Waals surface area contributed by atoms with Crippen LogP contribution < -0.4 is 0 Å². The SMILES string of the molecule is COCCOC(C)c1nnc2n1CCCC2. The molecule has 0 spiro atoms. The Balaban J connectivity index is 1.99. The van der Waals surface area contributed by atoms with E-state index in [-0.39, 0.29) is 6.10 Å². The van der Waals surface area contributed by atoms with Gasteiger partial charge in [-0.15, -0.1) is 10.2 Å². The van der Waals surface area contributed by atoms with Crippen molar-refractivity contribution >= 4 is 0 Å². The van der Waals surface area contributed by atoms with Crippen LogP contribution in [0.2, 0.25) is 0 Å². The minimum Gasteiger partial charge on any atom is -0.382 e. The first kappa shape index (κ1) is 11.5. The molecule has 2 heterocycles. The van der Waals surface area contributed by atoms with Crippen molar-refractivity contribution in [1.82, 2.24) is 14.8 Å². The number of aryl methyl sites for hydroxylation is 1. The maximum Gasteiger partial charge on any atom is 0.161 e. The summed E-state index contributed by atoms with van der Waals surface area (Å²) in [6.07, 6.45) is 3.46. The van der Waals surface area contributed by atoms with Gasteiger partial charge in [0.1, 0.15) is 11.9 Å². The zero-order valence-electron chi connectivity index (χ0n) is 9.98. The van der Waals surface area contributed by atoms with Crippen LogP contribution in [0.25, 0.3) is 0 Å². The minimum atomic E-state index is -0.00509. The summed E-state index contributed by atoms with van der Waals surface area (Å²) < 4.78 is 12.8. The number of methoxy groups -OCH3 is 1. The van der Waals surface area contributed by atoms with Crippen LogP contribution in [0.15, 0.2) is 0 Å². The molecule has 5 heteroatoms. The molecule has 16 heavy (non-hydrogen) atoms. The normalized spacial score (nSPS) is 17.1. The minimum absolute atomic E-state index is 0.00509. The zero-order valence-corrected chi connectivity index (χ0v) is 9.98. The number of aromatic nitrogens is 3. The maximum atomic E-state index is 5.64. The Morgan fingerprint density at radius 3 is 3.00 bits per heavy atom. The molecular formula is C11H19N3O2. The van der Waals surface area contributed by atoms with Crippen molar-refractivity contribution in [2.24, 2.45) is 0 Å². The molecule has 5 nitrogen and oxygen atoms in total. The molecule has 0 fully saturated rings. The van der Waals surface area contributed by atoms with Crippen molar-refractivity contribution in [3.8, 4) is 0 Å². The third kappa shape index (κ3) is 2.41. The fourth-order valence-corrected chi connectivity index (χ4v) is 2.01. The van der Waals surface area contributed by atoms with Crippen LogP contribution in [0.4, 0.5) is 0 Å². The summed E-state index contributed by atoms with van der Waals surface area (Å²) in [5, 5.41) is 8.43. The molecule has 0 amide bonds. The highest BCUT2D eigenvalue weighted by atomic mass is 16.5. The van der Waals surface area contributed by atoms with E-state index < -0.39 is 0 Å². The molecule has 1 aliphatic heterocycles. The number of hydrogen-bond acceptors (Lipinski definition) is 4. The molecule has 0 aromatic carbocycles. The van der Waals surface area contributed by atoms with E-state index in [0.29, 0.717) is 13.2 Å². The maximum absolute atomic E-state index is 5.64. The molecule has 1 atom stereocenters. The average Bonchev–Trinajstić information content (AvgIpc) is 2.73. The summed E-state index contributed by atoms with van der Waals surface area (Å²) in [6.45, 7) is 4.25. The van der Waals surface area contributed by atoms with E-state index in [1.807, 2.05) is 6.92 Å². The quantitative estimate of drug-likeness (QED) is 0.709. The molecule has 1 aliphatic rings. The third-order valence-corrected chi connectivity index (χ3v) is 2.91. The van der Waals surface area contributed by atoms with E-state index in [2.05, 4.69) is 14.8 Å². The van der Waals surface area contributed by atoms with E-state index >= 15 is 0 Å². The summed E-state index contributed by atoms with van der Waals surface area (Å²) in [6, 6.07) is 0. The summed E-state index contributed by atoms with van der Waals surface area (Å²) in [7, 11) is 1.67. The number of ether oxygens (including phenoxy) is 2. The predicted molar refractivity (Wildman–Crippen MR) is 59.2 cm³/mol. The molecule has 1 unspecified atom stereocenters. The molecular weight excluding hydrogens is 206 g/mol. The third-order valence-electron chi connectivity index (χ3n) is 2.91. The summed E-state index contributed by atoms with van der Waals surface area (Å²) in [5.41, 5.74) is 0. The lowest BCUT2D eigenvalue weighted by atomic mass is 10.1.